The summed E-state index contributed by atoms with van der Waals surface area (Å²) >= 11 is 6.55. The molecule has 4 rings (SSSR count). The summed E-state index contributed by atoms with van der Waals surface area (Å²) < 4.78 is 5.86. The highest BCUT2D eigenvalue weighted by Crippen LogP contribution is 2.41. The second kappa shape index (κ2) is 10.1. The van der Waals surface area contributed by atoms with Gasteiger partial charge in [-0.2, -0.15) is 5.26 Å². The first kappa shape index (κ1) is 22.8. The van der Waals surface area contributed by atoms with Crippen molar-refractivity contribution in [1.82, 2.24) is 10.2 Å². The first-order valence-electron chi connectivity index (χ1n) is 10.3. The van der Waals surface area contributed by atoms with Crippen LogP contribution in [0.15, 0.2) is 72.1 Å². The number of esters is 1. The van der Waals surface area contributed by atoms with Gasteiger partial charge in [-0.25, -0.2) is 4.79 Å². The van der Waals surface area contributed by atoms with Crippen molar-refractivity contribution in [3.8, 4) is 6.07 Å². The topological polar surface area (TPSA) is 103 Å². The quantitative estimate of drug-likeness (QED) is 0.353. The molecule has 168 valence electrons. The van der Waals surface area contributed by atoms with E-state index in [2.05, 4.69) is 5.32 Å². The number of thioether (sulfide) groups is 1. The summed E-state index contributed by atoms with van der Waals surface area (Å²) in [6, 6.07) is 20.0. The standard InChI is InChI=1S/C24H21N3O4S2/c25-13-7-12-18(32)26-19-22(29)27-20(17(28)14-33-23(19)27)24(30)31-21(15-8-3-1-4-9-15)16-10-5-2-6-11-16/h1-6,8-11,19,21,23,28H,7,12,14H2,(H,26,32)/t19?,23-/m1/s1. The van der Waals surface area contributed by atoms with Crippen molar-refractivity contribution in [3.63, 3.8) is 0 Å². The molecule has 0 saturated carbocycles. The van der Waals surface area contributed by atoms with Crippen LogP contribution >= 0.6 is 24.0 Å². The molecule has 1 fully saturated rings. The van der Waals surface area contributed by atoms with Gasteiger partial charge in [-0.15, -0.1) is 11.8 Å². The summed E-state index contributed by atoms with van der Waals surface area (Å²) in [5, 5.41) is 21.8. The van der Waals surface area contributed by atoms with Crippen molar-refractivity contribution < 1.29 is 19.4 Å². The second-order valence-corrected chi connectivity index (χ2v) is 9.11. The van der Waals surface area contributed by atoms with E-state index in [1.54, 1.807) is 0 Å². The Bertz CT molecular complexity index is 1090. The molecule has 0 aromatic heterocycles. The van der Waals surface area contributed by atoms with E-state index in [4.69, 9.17) is 22.2 Å². The predicted molar refractivity (Wildman–Crippen MR) is 128 cm³/mol. The van der Waals surface area contributed by atoms with Gasteiger partial charge in [-0.1, -0.05) is 72.9 Å². The maximum Gasteiger partial charge on any atom is 0.359 e. The average Bonchev–Trinajstić information content (AvgIpc) is 2.85. The molecule has 33 heavy (non-hydrogen) atoms. The molecule has 0 spiro atoms. The number of aliphatic hydroxyl groups is 1. The Kier molecular flexibility index (Phi) is 6.96. The minimum absolute atomic E-state index is 0.137. The zero-order valence-electron chi connectivity index (χ0n) is 17.5. The van der Waals surface area contributed by atoms with E-state index < -0.39 is 23.5 Å². The first-order chi connectivity index (χ1) is 16.0. The molecule has 2 aliphatic rings. The minimum atomic E-state index is -0.769. The number of carbonyl (C=O) groups is 2. The van der Waals surface area contributed by atoms with E-state index in [1.165, 1.54) is 16.7 Å². The van der Waals surface area contributed by atoms with Crippen LogP contribution < -0.4 is 5.32 Å². The summed E-state index contributed by atoms with van der Waals surface area (Å²) in [5.41, 5.74) is 1.41. The van der Waals surface area contributed by atoms with Crippen LogP contribution in [0.5, 0.6) is 0 Å². The van der Waals surface area contributed by atoms with Crippen molar-refractivity contribution in [2.45, 2.75) is 30.4 Å². The fraction of sp³-hybridized carbons (Fsp3) is 0.250. The van der Waals surface area contributed by atoms with Gasteiger partial charge in [-0.05, 0) is 11.1 Å². The molecule has 0 aliphatic carbocycles. The third-order valence-electron chi connectivity index (χ3n) is 5.35. The van der Waals surface area contributed by atoms with Crippen LogP contribution in [-0.4, -0.2) is 44.0 Å². The summed E-state index contributed by atoms with van der Waals surface area (Å²) in [4.78, 5) is 27.8. The Morgan fingerprint density at radius 3 is 2.39 bits per heavy atom. The summed E-state index contributed by atoms with van der Waals surface area (Å²) in [6.07, 6.45) is -0.0804. The van der Waals surface area contributed by atoms with Crippen molar-refractivity contribution >= 4 is 40.8 Å². The molecule has 7 nitrogen and oxygen atoms in total. The molecule has 1 unspecified atom stereocenters. The molecule has 1 saturated heterocycles. The number of nitrogens with zero attached hydrogens (tertiary/aromatic N) is 2. The number of benzene rings is 2. The maximum absolute atomic E-state index is 13.2. The molecule has 2 N–H and O–H groups in total. The zero-order valence-corrected chi connectivity index (χ0v) is 19.1. The number of thiocarbonyl (C=S) groups is 1. The molecular weight excluding hydrogens is 458 g/mol. The monoisotopic (exact) mass is 479 g/mol. The van der Waals surface area contributed by atoms with Crippen LogP contribution in [0.2, 0.25) is 0 Å². The van der Waals surface area contributed by atoms with Crippen molar-refractivity contribution in [2.24, 2.45) is 0 Å². The van der Waals surface area contributed by atoms with E-state index in [-0.39, 0.29) is 29.5 Å². The Labute approximate surface area is 201 Å². The number of fused-ring (bicyclic) bond motifs is 1. The lowest BCUT2D eigenvalue weighted by Crippen LogP contribution is -2.70. The molecule has 2 heterocycles. The lowest BCUT2D eigenvalue weighted by molar-refractivity contribution is -0.153. The molecule has 0 radical (unpaired) electrons. The number of hydrogen-bond donors (Lipinski definition) is 2. The van der Waals surface area contributed by atoms with Gasteiger partial charge in [0, 0.05) is 12.8 Å². The Balaban J connectivity index is 1.54. The number of amides is 1. The van der Waals surface area contributed by atoms with Crippen LogP contribution in [0.1, 0.15) is 30.1 Å². The van der Waals surface area contributed by atoms with E-state index in [9.17, 15) is 14.7 Å². The SMILES string of the molecule is N#CCCC(=S)NC1C(=O)N2C(C(=O)OC(c3ccccc3)c3ccccc3)=C(O)CS[C@H]12. The van der Waals surface area contributed by atoms with E-state index in [1.807, 2.05) is 66.7 Å². The number of β-lactam (4-membered cyclic amide) rings is 1. The van der Waals surface area contributed by atoms with Gasteiger partial charge in [0.1, 0.15) is 17.2 Å². The van der Waals surface area contributed by atoms with Crippen LogP contribution in [0, 0.1) is 11.3 Å². The number of ether oxygens (including phenoxy) is 1. The fourth-order valence-electron chi connectivity index (χ4n) is 3.76. The largest absolute Gasteiger partial charge is 0.509 e. The van der Waals surface area contributed by atoms with Gasteiger partial charge in [0.2, 0.25) is 0 Å². The molecule has 2 aromatic rings. The molecule has 2 aliphatic heterocycles. The Morgan fingerprint density at radius 2 is 1.82 bits per heavy atom. The van der Waals surface area contributed by atoms with Crippen LogP contribution in [0.3, 0.4) is 0 Å². The molecule has 2 atom stereocenters. The number of rotatable bonds is 7. The molecule has 2 aromatic carbocycles. The lowest BCUT2D eigenvalue weighted by Gasteiger charge is -2.49. The van der Waals surface area contributed by atoms with E-state index in [0.29, 0.717) is 11.4 Å². The third-order valence-corrected chi connectivity index (χ3v) is 6.94. The van der Waals surface area contributed by atoms with E-state index >= 15 is 0 Å². The highest BCUT2D eigenvalue weighted by atomic mass is 32.2. The molecule has 1 amide bonds. The molecule has 9 heteroatoms. The second-order valence-electron chi connectivity index (χ2n) is 7.52. The van der Waals surface area contributed by atoms with Gasteiger partial charge in [-0.3, -0.25) is 9.69 Å². The third kappa shape index (κ3) is 4.72. The van der Waals surface area contributed by atoms with Crippen molar-refractivity contribution in [3.05, 3.63) is 83.2 Å². The Hall–Kier alpha value is -3.35. The summed E-state index contributed by atoms with van der Waals surface area (Å²) in [5.74, 6) is -1.17. The smallest absolute Gasteiger partial charge is 0.359 e. The minimum Gasteiger partial charge on any atom is -0.509 e. The van der Waals surface area contributed by atoms with Crippen LogP contribution in [0.25, 0.3) is 0 Å². The number of nitrogens with one attached hydrogen (secondary N) is 1. The number of aliphatic hydroxyl groups excluding tert-OH is 1. The zero-order chi connectivity index (χ0) is 23.4. The Morgan fingerprint density at radius 1 is 1.21 bits per heavy atom. The van der Waals surface area contributed by atoms with Gasteiger partial charge in [0.15, 0.2) is 11.8 Å². The van der Waals surface area contributed by atoms with Gasteiger partial charge in [0.25, 0.3) is 5.91 Å². The van der Waals surface area contributed by atoms with Gasteiger partial charge >= 0.3 is 5.97 Å². The van der Waals surface area contributed by atoms with Crippen molar-refractivity contribution in [2.75, 3.05) is 5.75 Å². The molecule has 0 bridgehead atoms. The van der Waals surface area contributed by atoms with Crippen LogP contribution in [-0.2, 0) is 14.3 Å². The van der Waals surface area contributed by atoms with Gasteiger partial charge < -0.3 is 15.2 Å². The highest BCUT2D eigenvalue weighted by molar-refractivity contribution is 8.00. The highest BCUT2D eigenvalue weighted by Gasteiger charge is 2.54. The average molecular weight is 480 g/mol. The van der Waals surface area contributed by atoms with Gasteiger partial charge in [0.05, 0.1) is 16.8 Å². The number of hydrogen-bond acceptors (Lipinski definition) is 7. The fourth-order valence-corrected chi connectivity index (χ4v) is 5.18. The maximum atomic E-state index is 13.2. The number of carbonyl (C=O) groups excluding carboxylic acids is 2. The normalized spacial score (nSPS) is 19.4. The first-order valence-corrected chi connectivity index (χ1v) is 11.8. The van der Waals surface area contributed by atoms with Crippen molar-refractivity contribution in [1.29, 1.82) is 5.26 Å². The lowest BCUT2D eigenvalue weighted by atomic mass is 10.0. The van der Waals surface area contributed by atoms with Crippen LogP contribution in [0.4, 0.5) is 0 Å². The van der Waals surface area contributed by atoms with E-state index in [0.717, 1.165) is 11.1 Å². The molecular formula is C24H21N3O4S2. The summed E-state index contributed by atoms with van der Waals surface area (Å²) in [7, 11) is 0. The summed E-state index contributed by atoms with van der Waals surface area (Å²) in [6.45, 7) is 0. The predicted octanol–water partition coefficient (Wildman–Crippen LogP) is 3.59. The number of nitriles is 1.